The summed E-state index contributed by atoms with van der Waals surface area (Å²) in [6.45, 7) is 5.02. The summed E-state index contributed by atoms with van der Waals surface area (Å²) in [5, 5.41) is 22.3. The molecule has 2 heterocycles. The number of rotatable bonds is 6. The number of nitro groups is 2. The maximum Gasteiger partial charge on any atom is 0.269 e. The summed E-state index contributed by atoms with van der Waals surface area (Å²) >= 11 is 0. The van der Waals surface area contributed by atoms with E-state index in [1.54, 1.807) is 24.3 Å². The van der Waals surface area contributed by atoms with Gasteiger partial charge in [0.1, 0.15) is 15.4 Å². The van der Waals surface area contributed by atoms with E-state index in [9.17, 15) is 20.2 Å². The SMILES string of the molecule is CC1(C)CCN(c2c(F)cc(N3[C@H](c4ccc([N+](=O)[O-])cc4)CC[C@H]3c3ccc([N+](=O)[O-])cc3)cc2F)[SiH2]C1. The second-order valence-corrected chi connectivity index (χ2v) is 12.8. The second-order valence-electron chi connectivity index (χ2n) is 11.1. The molecule has 8 nitrogen and oxygen atoms in total. The van der Waals surface area contributed by atoms with E-state index in [1.807, 2.05) is 9.47 Å². The molecular formula is C28H30F2N4O4Si. The van der Waals surface area contributed by atoms with Crippen molar-refractivity contribution in [1.29, 1.82) is 0 Å². The highest BCUT2D eigenvalue weighted by Gasteiger charge is 2.37. The highest BCUT2D eigenvalue weighted by molar-refractivity contribution is 6.42. The lowest BCUT2D eigenvalue weighted by molar-refractivity contribution is -0.385. The molecule has 0 radical (unpaired) electrons. The second kappa shape index (κ2) is 10.4. The van der Waals surface area contributed by atoms with Gasteiger partial charge in [0.2, 0.25) is 0 Å². The van der Waals surface area contributed by atoms with E-state index >= 15 is 8.78 Å². The maximum absolute atomic E-state index is 15.6. The van der Waals surface area contributed by atoms with Crippen LogP contribution in [0.25, 0.3) is 0 Å². The van der Waals surface area contributed by atoms with Crippen LogP contribution in [0.5, 0.6) is 0 Å². The fraction of sp³-hybridized carbons (Fsp3) is 0.357. The molecule has 2 aliphatic heterocycles. The van der Waals surface area contributed by atoms with Crippen LogP contribution in [-0.2, 0) is 0 Å². The summed E-state index contributed by atoms with van der Waals surface area (Å²) in [5.41, 5.74) is 2.12. The first kappa shape index (κ1) is 26.7. The fourth-order valence-corrected chi connectivity index (χ4v) is 7.83. The number of halogens is 2. The number of nitro benzene ring substituents is 2. The summed E-state index contributed by atoms with van der Waals surface area (Å²) < 4.78 is 33.2. The average Bonchev–Trinajstić information content (AvgIpc) is 3.34. The van der Waals surface area contributed by atoms with Crippen LogP contribution in [0.4, 0.5) is 31.5 Å². The summed E-state index contributed by atoms with van der Waals surface area (Å²) in [6.07, 6.45) is 2.15. The third kappa shape index (κ3) is 5.36. The smallest absolute Gasteiger partial charge is 0.269 e. The standard InChI is InChI=1S/C28H30F2N4O4Si/c1-28(2)13-14-31(39-17-28)27-23(29)15-22(16-24(27)30)32-25(18-3-7-20(8-4-18)33(35)36)11-12-26(32)19-5-9-21(10-6-19)34(37)38/h3-10,15-16,25-26H,11-14,17,39H2,1-2H3/t25-,26-/m0/s1. The molecule has 0 aliphatic carbocycles. The van der Waals surface area contributed by atoms with Crippen LogP contribution >= 0.6 is 0 Å². The predicted molar refractivity (Wildman–Crippen MR) is 149 cm³/mol. The van der Waals surface area contributed by atoms with Gasteiger partial charge in [-0.1, -0.05) is 38.1 Å². The molecule has 0 N–H and O–H groups in total. The Morgan fingerprint density at radius 3 is 1.69 bits per heavy atom. The zero-order valence-electron chi connectivity index (χ0n) is 21.8. The van der Waals surface area contributed by atoms with Crippen LogP contribution in [-0.4, -0.2) is 26.1 Å². The predicted octanol–water partition coefficient (Wildman–Crippen LogP) is 6.60. The largest absolute Gasteiger partial charge is 0.398 e. The highest BCUT2D eigenvalue weighted by atomic mass is 28.2. The van der Waals surface area contributed by atoms with E-state index < -0.39 is 31.2 Å². The highest BCUT2D eigenvalue weighted by Crippen LogP contribution is 2.48. The van der Waals surface area contributed by atoms with Crippen molar-refractivity contribution in [2.45, 2.75) is 51.2 Å². The van der Waals surface area contributed by atoms with Crippen molar-refractivity contribution < 1.29 is 18.6 Å². The maximum atomic E-state index is 15.6. The Morgan fingerprint density at radius 2 is 1.31 bits per heavy atom. The monoisotopic (exact) mass is 552 g/mol. The van der Waals surface area contributed by atoms with Crippen LogP contribution in [0.3, 0.4) is 0 Å². The molecular weight excluding hydrogens is 522 g/mol. The van der Waals surface area contributed by atoms with Gasteiger partial charge in [0, 0.05) is 36.5 Å². The van der Waals surface area contributed by atoms with Crippen molar-refractivity contribution in [3.63, 3.8) is 0 Å². The van der Waals surface area contributed by atoms with Gasteiger partial charge in [-0.3, -0.25) is 20.2 Å². The van der Waals surface area contributed by atoms with Crippen molar-refractivity contribution >= 4 is 32.4 Å². The molecule has 0 saturated carbocycles. The van der Waals surface area contributed by atoms with Crippen molar-refractivity contribution in [3.05, 3.63) is 104 Å². The molecule has 39 heavy (non-hydrogen) atoms. The molecule has 2 aliphatic rings. The first-order valence-corrected chi connectivity index (χ1v) is 14.7. The Hall–Kier alpha value is -3.86. The van der Waals surface area contributed by atoms with E-state index in [0.29, 0.717) is 25.1 Å². The molecule has 2 fully saturated rings. The van der Waals surface area contributed by atoms with Gasteiger partial charge in [0.15, 0.2) is 11.6 Å². The zero-order chi connectivity index (χ0) is 27.9. The molecule has 0 spiro atoms. The topological polar surface area (TPSA) is 92.8 Å². The lowest BCUT2D eigenvalue weighted by atomic mass is 9.91. The molecule has 11 heteroatoms. The van der Waals surface area contributed by atoms with Crippen LogP contribution in [0.1, 0.15) is 56.3 Å². The Bertz CT molecular complexity index is 1300. The van der Waals surface area contributed by atoms with Crippen molar-refractivity contribution in [2.24, 2.45) is 5.41 Å². The van der Waals surface area contributed by atoms with Gasteiger partial charge in [0.05, 0.1) is 21.9 Å². The van der Waals surface area contributed by atoms with E-state index in [0.717, 1.165) is 23.6 Å². The molecule has 204 valence electrons. The molecule has 0 amide bonds. The summed E-state index contributed by atoms with van der Waals surface area (Å²) in [6, 6.07) is 15.6. The van der Waals surface area contributed by atoms with Gasteiger partial charge < -0.3 is 9.47 Å². The molecule has 5 rings (SSSR count). The van der Waals surface area contributed by atoms with E-state index in [-0.39, 0.29) is 34.6 Å². The van der Waals surface area contributed by atoms with E-state index in [4.69, 9.17) is 0 Å². The number of nitrogens with zero attached hydrogens (tertiary/aromatic N) is 4. The van der Waals surface area contributed by atoms with Gasteiger partial charge in [-0.05, 0) is 54.0 Å². The minimum Gasteiger partial charge on any atom is -0.398 e. The average molecular weight is 553 g/mol. The molecule has 3 aromatic rings. The minimum atomic E-state index is -0.849. The number of hydrogen-bond acceptors (Lipinski definition) is 6. The normalized spacial score (nSPS) is 21.3. The van der Waals surface area contributed by atoms with Crippen LogP contribution in [0.15, 0.2) is 60.7 Å². The van der Waals surface area contributed by atoms with Gasteiger partial charge >= 0.3 is 0 Å². The zero-order valence-corrected chi connectivity index (χ0v) is 23.3. The van der Waals surface area contributed by atoms with E-state index in [1.165, 1.54) is 36.4 Å². The summed E-state index contributed by atoms with van der Waals surface area (Å²) in [7, 11) is -0.849. The van der Waals surface area contributed by atoms with Crippen molar-refractivity contribution in [3.8, 4) is 0 Å². The summed E-state index contributed by atoms with van der Waals surface area (Å²) in [5.74, 6) is -1.21. The van der Waals surface area contributed by atoms with Crippen LogP contribution in [0.2, 0.25) is 6.04 Å². The number of hydrogen-bond donors (Lipinski definition) is 0. The van der Waals surface area contributed by atoms with E-state index in [2.05, 4.69) is 13.8 Å². The van der Waals surface area contributed by atoms with Gasteiger partial charge in [-0.25, -0.2) is 8.78 Å². The third-order valence-corrected chi connectivity index (χ3v) is 10.8. The molecule has 3 aromatic carbocycles. The van der Waals surface area contributed by atoms with Crippen molar-refractivity contribution in [1.82, 2.24) is 0 Å². The lowest BCUT2D eigenvalue weighted by Crippen LogP contribution is -2.40. The Kier molecular flexibility index (Phi) is 7.10. The fourth-order valence-electron chi connectivity index (χ4n) is 5.80. The first-order valence-electron chi connectivity index (χ1n) is 13.0. The van der Waals surface area contributed by atoms with Gasteiger partial charge in [-0.15, -0.1) is 0 Å². The number of benzene rings is 3. The molecule has 2 atom stereocenters. The Balaban J connectivity index is 1.53. The molecule has 0 aromatic heterocycles. The van der Waals surface area contributed by atoms with Gasteiger partial charge in [0.25, 0.3) is 11.4 Å². The third-order valence-electron chi connectivity index (χ3n) is 8.10. The van der Waals surface area contributed by atoms with Crippen LogP contribution in [0, 0.1) is 37.3 Å². The lowest BCUT2D eigenvalue weighted by Gasteiger charge is -2.39. The quantitative estimate of drug-likeness (QED) is 0.194. The summed E-state index contributed by atoms with van der Waals surface area (Å²) in [4.78, 5) is 23.3. The molecule has 0 bridgehead atoms. The van der Waals surface area contributed by atoms with Crippen molar-refractivity contribution in [2.75, 3.05) is 16.0 Å². The first-order chi connectivity index (χ1) is 18.5. The van der Waals surface area contributed by atoms with Crippen LogP contribution < -0.4 is 9.47 Å². The number of anilines is 2. The number of non-ortho nitro benzene ring substituents is 2. The van der Waals surface area contributed by atoms with Gasteiger partial charge in [-0.2, -0.15) is 0 Å². The molecule has 0 unspecified atom stereocenters. The molecule has 2 saturated heterocycles. The Labute approximate surface area is 227 Å². The minimum absolute atomic E-state index is 0.0365. The Morgan fingerprint density at radius 1 is 0.846 bits per heavy atom.